The lowest BCUT2D eigenvalue weighted by atomic mass is 9.89. The first-order valence-corrected chi connectivity index (χ1v) is 9.92. The van der Waals surface area contributed by atoms with Crippen molar-refractivity contribution in [3.05, 3.63) is 65.2 Å². The SMILES string of the molecule is Nc1cccc(CC2CCN(Cc3ccc(C(O)(C(F)(F)F)C(F)(F)F)cc3)CC2)c1. The highest BCUT2D eigenvalue weighted by atomic mass is 19.4. The fraction of sp³-hybridized carbons (Fsp3) is 0.455. The van der Waals surface area contributed by atoms with E-state index in [2.05, 4.69) is 4.90 Å². The number of likely N-dealkylation sites (tertiary alicyclic amines) is 1. The number of hydrogen-bond acceptors (Lipinski definition) is 3. The molecule has 1 saturated heterocycles. The number of hydrogen-bond donors (Lipinski definition) is 2. The van der Waals surface area contributed by atoms with E-state index >= 15 is 0 Å². The summed E-state index contributed by atoms with van der Waals surface area (Å²) in [5.74, 6) is 0.494. The van der Waals surface area contributed by atoms with Crippen LogP contribution in [0.25, 0.3) is 0 Å². The van der Waals surface area contributed by atoms with E-state index in [1.54, 1.807) is 0 Å². The zero-order chi connectivity index (χ0) is 22.9. The number of benzene rings is 2. The molecular formula is C22H24F6N2O. The highest BCUT2D eigenvalue weighted by Crippen LogP contribution is 2.49. The van der Waals surface area contributed by atoms with Crippen molar-refractivity contribution in [2.24, 2.45) is 5.92 Å². The van der Waals surface area contributed by atoms with Gasteiger partial charge in [-0.25, -0.2) is 0 Å². The highest BCUT2D eigenvalue weighted by molar-refractivity contribution is 5.40. The predicted octanol–water partition coefficient (Wildman–Crippen LogP) is 5.04. The first kappa shape index (κ1) is 23.4. The van der Waals surface area contributed by atoms with Gasteiger partial charge in [0.1, 0.15) is 0 Å². The average molecular weight is 446 g/mol. The molecule has 2 aromatic rings. The van der Waals surface area contributed by atoms with Gasteiger partial charge in [0.2, 0.25) is 0 Å². The third-order valence-electron chi connectivity index (χ3n) is 5.78. The summed E-state index contributed by atoms with van der Waals surface area (Å²) in [4.78, 5) is 2.12. The molecule has 0 atom stereocenters. The summed E-state index contributed by atoms with van der Waals surface area (Å²) in [5.41, 5.74) is 2.17. The molecule has 1 aliphatic rings. The monoisotopic (exact) mass is 446 g/mol. The van der Waals surface area contributed by atoms with Gasteiger partial charge in [0.05, 0.1) is 0 Å². The van der Waals surface area contributed by atoms with Crippen LogP contribution in [0.3, 0.4) is 0 Å². The van der Waals surface area contributed by atoms with E-state index in [-0.39, 0.29) is 0 Å². The number of nitrogens with two attached hydrogens (primary N) is 1. The fourth-order valence-electron chi connectivity index (χ4n) is 4.00. The Morgan fingerprint density at radius 3 is 1.97 bits per heavy atom. The number of halogens is 6. The zero-order valence-corrected chi connectivity index (χ0v) is 16.7. The fourth-order valence-corrected chi connectivity index (χ4v) is 4.00. The normalized spacial score (nSPS) is 17.1. The largest absolute Gasteiger partial charge is 0.430 e. The quantitative estimate of drug-likeness (QED) is 0.500. The van der Waals surface area contributed by atoms with E-state index in [4.69, 9.17) is 5.73 Å². The van der Waals surface area contributed by atoms with Crippen LogP contribution in [0.4, 0.5) is 32.0 Å². The van der Waals surface area contributed by atoms with Gasteiger partial charge < -0.3 is 10.8 Å². The molecule has 1 aliphatic heterocycles. The molecule has 31 heavy (non-hydrogen) atoms. The van der Waals surface area contributed by atoms with Crippen LogP contribution in [-0.4, -0.2) is 35.4 Å². The van der Waals surface area contributed by atoms with Crippen LogP contribution < -0.4 is 5.73 Å². The van der Waals surface area contributed by atoms with Crippen LogP contribution in [0.5, 0.6) is 0 Å². The summed E-state index contributed by atoms with van der Waals surface area (Å²) in [6.45, 7) is 1.98. The van der Waals surface area contributed by atoms with Crippen LogP contribution in [0.15, 0.2) is 48.5 Å². The molecule has 0 aromatic heterocycles. The van der Waals surface area contributed by atoms with Crippen molar-refractivity contribution < 1.29 is 31.4 Å². The summed E-state index contributed by atoms with van der Waals surface area (Å²) in [7, 11) is 0. The number of anilines is 1. The summed E-state index contributed by atoms with van der Waals surface area (Å²) in [5, 5.41) is 9.47. The maximum atomic E-state index is 13.0. The van der Waals surface area contributed by atoms with Gasteiger partial charge >= 0.3 is 12.4 Å². The number of nitrogen functional groups attached to an aromatic ring is 1. The zero-order valence-electron chi connectivity index (χ0n) is 16.7. The molecule has 3 rings (SSSR count). The van der Waals surface area contributed by atoms with Crippen LogP contribution in [0.1, 0.15) is 29.5 Å². The Kier molecular flexibility index (Phi) is 6.57. The smallest absolute Gasteiger partial charge is 0.399 e. The number of rotatable bonds is 5. The van der Waals surface area contributed by atoms with E-state index in [0.717, 1.165) is 38.0 Å². The number of nitrogens with zero attached hydrogens (tertiary/aromatic N) is 1. The van der Waals surface area contributed by atoms with Gasteiger partial charge in [-0.1, -0.05) is 36.4 Å². The van der Waals surface area contributed by atoms with Crippen LogP contribution in [-0.2, 0) is 18.6 Å². The van der Waals surface area contributed by atoms with E-state index < -0.39 is 23.5 Å². The molecule has 1 heterocycles. The molecule has 0 bridgehead atoms. The van der Waals surface area contributed by atoms with Crippen molar-refractivity contribution in [3.63, 3.8) is 0 Å². The Hall–Kier alpha value is -2.26. The Labute approximate surface area is 176 Å². The van der Waals surface area contributed by atoms with E-state index in [1.807, 2.05) is 24.3 Å². The standard InChI is InChI=1S/C22H24F6N2O/c23-21(24,25)20(31,22(26,27)28)18-6-4-16(5-7-18)14-30-10-8-15(9-11-30)12-17-2-1-3-19(29)13-17/h1-7,13,15,31H,8-12,14,29H2. The molecule has 1 fully saturated rings. The first-order chi connectivity index (χ1) is 14.4. The maximum Gasteiger partial charge on any atom is 0.430 e. The molecule has 3 N–H and O–H groups in total. The Morgan fingerprint density at radius 2 is 1.45 bits per heavy atom. The molecule has 0 unspecified atom stereocenters. The van der Waals surface area contributed by atoms with Crippen LogP contribution in [0.2, 0.25) is 0 Å². The lowest BCUT2D eigenvalue weighted by molar-refractivity contribution is -0.376. The topological polar surface area (TPSA) is 49.5 Å². The van der Waals surface area contributed by atoms with Crippen molar-refractivity contribution in [1.82, 2.24) is 4.90 Å². The molecule has 0 saturated carbocycles. The van der Waals surface area contributed by atoms with Gasteiger partial charge in [-0.3, -0.25) is 4.90 Å². The van der Waals surface area contributed by atoms with Gasteiger partial charge in [0.15, 0.2) is 0 Å². The maximum absolute atomic E-state index is 13.0. The van der Waals surface area contributed by atoms with E-state index in [0.29, 0.717) is 30.2 Å². The lowest BCUT2D eigenvalue weighted by Crippen LogP contribution is -2.53. The Morgan fingerprint density at radius 1 is 0.871 bits per heavy atom. The van der Waals surface area contributed by atoms with Gasteiger partial charge in [-0.2, -0.15) is 26.3 Å². The number of aliphatic hydroxyl groups is 1. The third-order valence-corrected chi connectivity index (χ3v) is 5.78. The third kappa shape index (κ3) is 5.15. The molecule has 0 aliphatic carbocycles. The van der Waals surface area contributed by atoms with Crippen LogP contribution in [0, 0.1) is 5.92 Å². The molecule has 2 aromatic carbocycles. The summed E-state index contributed by atoms with van der Waals surface area (Å²) in [6.07, 6.45) is -8.96. The number of piperidine rings is 1. The van der Waals surface area contributed by atoms with Crippen molar-refractivity contribution >= 4 is 5.69 Å². The minimum Gasteiger partial charge on any atom is -0.399 e. The van der Waals surface area contributed by atoms with Crippen molar-refractivity contribution in [3.8, 4) is 0 Å². The summed E-state index contributed by atoms with van der Waals surface area (Å²) in [6, 6.07) is 11.5. The minimum atomic E-state index is -5.88. The summed E-state index contributed by atoms with van der Waals surface area (Å²) < 4.78 is 77.9. The Balaban J connectivity index is 1.60. The first-order valence-electron chi connectivity index (χ1n) is 9.92. The second kappa shape index (κ2) is 8.70. The second-order valence-electron chi connectivity index (χ2n) is 8.07. The van der Waals surface area contributed by atoms with Crippen molar-refractivity contribution in [1.29, 1.82) is 0 Å². The molecule has 0 spiro atoms. The van der Waals surface area contributed by atoms with Gasteiger partial charge in [-0.05, 0) is 61.5 Å². The molecule has 9 heteroatoms. The van der Waals surface area contributed by atoms with Crippen LogP contribution >= 0.6 is 0 Å². The van der Waals surface area contributed by atoms with Gasteiger partial charge in [0, 0.05) is 17.8 Å². The van der Waals surface area contributed by atoms with Gasteiger partial charge in [-0.15, -0.1) is 0 Å². The molecule has 0 radical (unpaired) electrons. The predicted molar refractivity (Wildman–Crippen MR) is 105 cm³/mol. The molecular weight excluding hydrogens is 422 g/mol. The average Bonchev–Trinajstić information content (AvgIpc) is 2.68. The highest BCUT2D eigenvalue weighted by Gasteiger charge is 2.71. The molecule has 0 amide bonds. The van der Waals surface area contributed by atoms with E-state index in [9.17, 15) is 31.4 Å². The lowest BCUT2D eigenvalue weighted by Gasteiger charge is -2.33. The molecule has 170 valence electrons. The van der Waals surface area contributed by atoms with Crippen molar-refractivity contribution in [2.75, 3.05) is 18.8 Å². The van der Waals surface area contributed by atoms with Crippen molar-refractivity contribution in [2.45, 2.75) is 43.8 Å². The van der Waals surface area contributed by atoms with E-state index in [1.165, 1.54) is 17.7 Å². The Bertz CT molecular complexity index is 857. The number of alkyl halides is 6. The summed E-state index contributed by atoms with van der Waals surface area (Å²) >= 11 is 0. The minimum absolute atomic E-state index is 0.418. The molecule has 3 nitrogen and oxygen atoms in total. The second-order valence-corrected chi connectivity index (χ2v) is 8.07. The van der Waals surface area contributed by atoms with Gasteiger partial charge in [0.25, 0.3) is 5.60 Å².